The van der Waals surface area contributed by atoms with Gasteiger partial charge in [0, 0.05) is 37.1 Å². The lowest BCUT2D eigenvalue weighted by Crippen LogP contribution is -2.30. The number of thiazole rings is 1. The summed E-state index contributed by atoms with van der Waals surface area (Å²) in [4.78, 5) is 4.33. The third kappa shape index (κ3) is 4.20. The van der Waals surface area contributed by atoms with Crippen molar-refractivity contribution in [2.75, 3.05) is 26.2 Å². The second-order valence-electron chi connectivity index (χ2n) is 4.62. The molecular weight excluding hydrogens is 218 g/mol. The zero-order chi connectivity index (χ0) is 11.2. The van der Waals surface area contributed by atoms with Crippen LogP contribution in [0.25, 0.3) is 0 Å². The number of rotatable bonds is 8. The van der Waals surface area contributed by atoms with Crippen molar-refractivity contribution < 1.29 is 0 Å². The molecule has 1 aliphatic rings. The Morgan fingerprint density at radius 1 is 1.44 bits per heavy atom. The largest absolute Gasteiger partial charge is 0.315 e. The van der Waals surface area contributed by atoms with Gasteiger partial charge in [0.1, 0.15) is 0 Å². The molecular formula is C12H21N3S. The molecule has 0 aliphatic heterocycles. The van der Waals surface area contributed by atoms with Crippen molar-refractivity contribution in [1.29, 1.82) is 0 Å². The molecule has 0 aromatic carbocycles. The number of hydrogen-bond acceptors (Lipinski definition) is 4. The van der Waals surface area contributed by atoms with Crippen molar-refractivity contribution >= 4 is 11.3 Å². The maximum absolute atomic E-state index is 4.33. The fourth-order valence-corrected chi connectivity index (χ4v) is 2.39. The van der Waals surface area contributed by atoms with Crippen molar-refractivity contribution in [1.82, 2.24) is 15.6 Å². The molecule has 0 bridgehead atoms. The molecule has 2 N–H and O–H groups in total. The molecule has 0 spiro atoms. The first kappa shape index (κ1) is 12.0. The van der Waals surface area contributed by atoms with Crippen LogP contribution < -0.4 is 10.6 Å². The maximum atomic E-state index is 4.33. The highest BCUT2D eigenvalue weighted by atomic mass is 32.1. The molecule has 1 fully saturated rings. The van der Waals surface area contributed by atoms with Crippen molar-refractivity contribution in [3.05, 3.63) is 16.6 Å². The summed E-state index contributed by atoms with van der Waals surface area (Å²) < 4.78 is 0. The first-order valence-corrected chi connectivity index (χ1v) is 7.05. The quantitative estimate of drug-likeness (QED) is 0.680. The lowest BCUT2D eigenvalue weighted by Gasteiger charge is -2.10. The van der Waals surface area contributed by atoms with E-state index in [1.165, 1.54) is 24.4 Å². The standard InChI is InChI=1S/C12H21N3S/c1-10(12-15-6-7-16-12)8-13-4-5-14-9-11-2-3-11/h6-7,10-11,13-14H,2-5,8-9H2,1H3. The summed E-state index contributed by atoms with van der Waals surface area (Å²) in [6.07, 6.45) is 4.75. The van der Waals surface area contributed by atoms with E-state index in [0.29, 0.717) is 5.92 Å². The van der Waals surface area contributed by atoms with Gasteiger partial charge in [0.25, 0.3) is 0 Å². The molecule has 1 heterocycles. The predicted octanol–water partition coefficient (Wildman–Crippen LogP) is 1.84. The van der Waals surface area contributed by atoms with Gasteiger partial charge in [-0.25, -0.2) is 4.98 Å². The van der Waals surface area contributed by atoms with E-state index < -0.39 is 0 Å². The summed E-state index contributed by atoms with van der Waals surface area (Å²) in [5.41, 5.74) is 0. The molecule has 1 unspecified atom stereocenters. The zero-order valence-corrected chi connectivity index (χ0v) is 10.7. The van der Waals surface area contributed by atoms with E-state index in [9.17, 15) is 0 Å². The van der Waals surface area contributed by atoms with Gasteiger partial charge in [0.15, 0.2) is 0 Å². The summed E-state index contributed by atoms with van der Waals surface area (Å²) in [7, 11) is 0. The fraction of sp³-hybridized carbons (Fsp3) is 0.750. The molecule has 0 radical (unpaired) electrons. The van der Waals surface area contributed by atoms with Crippen LogP contribution in [0, 0.1) is 5.92 Å². The molecule has 1 aromatic heterocycles. The van der Waals surface area contributed by atoms with E-state index in [4.69, 9.17) is 0 Å². The van der Waals surface area contributed by atoms with Crippen molar-refractivity contribution in [3.8, 4) is 0 Å². The second kappa shape index (κ2) is 6.33. The number of nitrogens with zero attached hydrogens (tertiary/aromatic N) is 1. The summed E-state index contributed by atoms with van der Waals surface area (Å²) in [6.45, 7) is 6.61. The van der Waals surface area contributed by atoms with Gasteiger partial charge in [0.2, 0.25) is 0 Å². The van der Waals surface area contributed by atoms with E-state index in [0.717, 1.165) is 25.6 Å². The average molecular weight is 239 g/mol. The van der Waals surface area contributed by atoms with Crippen LogP contribution in [0.2, 0.25) is 0 Å². The first-order valence-electron chi connectivity index (χ1n) is 6.17. The molecule has 2 rings (SSSR count). The Kier molecular flexibility index (Phi) is 4.75. The van der Waals surface area contributed by atoms with Crippen LogP contribution in [0.3, 0.4) is 0 Å². The Balaban J connectivity index is 1.47. The SMILES string of the molecule is CC(CNCCNCC1CC1)c1nccs1. The lowest BCUT2D eigenvalue weighted by atomic mass is 10.2. The van der Waals surface area contributed by atoms with Gasteiger partial charge in [0.05, 0.1) is 5.01 Å². The van der Waals surface area contributed by atoms with Crippen LogP contribution in [0.4, 0.5) is 0 Å². The van der Waals surface area contributed by atoms with Gasteiger partial charge in [-0.15, -0.1) is 11.3 Å². The number of nitrogens with one attached hydrogen (secondary N) is 2. The highest BCUT2D eigenvalue weighted by Crippen LogP contribution is 2.27. The van der Waals surface area contributed by atoms with Gasteiger partial charge in [-0.2, -0.15) is 0 Å². The fourth-order valence-electron chi connectivity index (χ4n) is 1.69. The highest BCUT2D eigenvalue weighted by Gasteiger charge is 2.19. The van der Waals surface area contributed by atoms with E-state index >= 15 is 0 Å². The van der Waals surface area contributed by atoms with Crippen LogP contribution >= 0.6 is 11.3 Å². The molecule has 16 heavy (non-hydrogen) atoms. The molecule has 3 nitrogen and oxygen atoms in total. The maximum Gasteiger partial charge on any atom is 0.0965 e. The van der Waals surface area contributed by atoms with Gasteiger partial charge in [-0.1, -0.05) is 6.92 Å². The summed E-state index contributed by atoms with van der Waals surface area (Å²) in [5, 5.41) is 10.2. The van der Waals surface area contributed by atoms with Crippen molar-refractivity contribution in [3.63, 3.8) is 0 Å². The van der Waals surface area contributed by atoms with Crippen LogP contribution in [-0.4, -0.2) is 31.2 Å². The third-order valence-corrected chi connectivity index (χ3v) is 3.94. The van der Waals surface area contributed by atoms with Gasteiger partial charge >= 0.3 is 0 Å². The minimum absolute atomic E-state index is 0.531. The number of aromatic nitrogens is 1. The molecule has 1 atom stereocenters. The molecule has 4 heteroatoms. The summed E-state index contributed by atoms with van der Waals surface area (Å²) >= 11 is 1.74. The molecule has 90 valence electrons. The van der Waals surface area contributed by atoms with Gasteiger partial charge in [-0.05, 0) is 25.3 Å². The Morgan fingerprint density at radius 2 is 2.25 bits per heavy atom. The third-order valence-electron chi connectivity index (χ3n) is 2.93. The lowest BCUT2D eigenvalue weighted by molar-refractivity contribution is 0.565. The van der Waals surface area contributed by atoms with E-state index in [-0.39, 0.29) is 0 Å². The predicted molar refractivity (Wildman–Crippen MR) is 69.0 cm³/mol. The van der Waals surface area contributed by atoms with Crippen molar-refractivity contribution in [2.24, 2.45) is 5.92 Å². The van der Waals surface area contributed by atoms with Gasteiger partial charge < -0.3 is 10.6 Å². The average Bonchev–Trinajstić information content (AvgIpc) is 2.95. The highest BCUT2D eigenvalue weighted by molar-refractivity contribution is 7.09. The molecule has 0 amide bonds. The summed E-state index contributed by atoms with van der Waals surface area (Å²) in [6, 6.07) is 0. The minimum atomic E-state index is 0.531. The van der Waals surface area contributed by atoms with Crippen LogP contribution in [0.1, 0.15) is 30.7 Å². The van der Waals surface area contributed by atoms with Crippen LogP contribution in [0.15, 0.2) is 11.6 Å². The van der Waals surface area contributed by atoms with Crippen molar-refractivity contribution in [2.45, 2.75) is 25.7 Å². The second-order valence-corrected chi connectivity index (χ2v) is 5.55. The van der Waals surface area contributed by atoms with E-state index in [2.05, 4.69) is 22.5 Å². The monoisotopic (exact) mass is 239 g/mol. The molecule has 1 aliphatic carbocycles. The molecule has 1 saturated carbocycles. The van der Waals surface area contributed by atoms with Crippen LogP contribution in [-0.2, 0) is 0 Å². The minimum Gasteiger partial charge on any atom is -0.315 e. The topological polar surface area (TPSA) is 37.0 Å². The Morgan fingerprint density at radius 3 is 2.94 bits per heavy atom. The van der Waals surface area contributed by atoms with E-state index in [1.807, 2.05) is 11.6 Å². The molecule has 1 aromatic rings. The van der Waals surface area contributed by atoms with Crippen LogP contribution in [0.5, 0.6) is 0 Å². The zero-order valence-electron chi connectivity index (χ0n) is 9.91. The normalized spacial score (nSPS) is 17.6. The Hall–Kier alpha value is -0.450. The summed E-state index contributed by atoms with van der Waals surface area (Å²) in [5.74, 6) is 1.51. The first-order chi connectivity index (χ1) is 7.86. The Bertz CT molecular complexity index is 282. The Labute approximate surface area is 102 Å². The molecule has 0 saturated heterocycles. The van der Waals surface area contributed by atoms with Gasteiger partial charge in [-0.3, -0.25) is 0 Å². The smallest absolute Gasteiger partial charge is 0.0965 e. The number of hydrogen-bond donors (Lipinski definition) is 2. The van der Waals surface area contributed by atoms with E-state index in [1.54, 1.807) is 11.3 Å².